The van der Waals surface area contributed by atoms with Crippen molar-refractivity contribution >= 4 is 9.84 Å². The van der Waals surface area contributed by atoms with Gasteiger partial charge in [0.25, 0.3) is 0 Å². The summed E-state index contributed by atoms with van der Waals surface area (Å²) in [6, 6.07) is 0. The first-order valence-electron chi connectivity index (χ1n) is 9.98. The van der Waals surface area contributed by atoms with Gasteiger partial charge in [0.15, 0.2) is 0 Å². The molecule has 0 bridgehead atoms. The lowest BCUT2D eigenvalue weighted by atomic mass is 10.3. The molecule has 6 heteroatoms. The first-order valence-corrected chi connectivity index (χ1v) is 12.0. The second-order valence-corrected chi connectivity index (χ2v) is 9.36. The molecule has 0 aliphatic rings. The van der Waals surface area contributed by atoms with Gasteiger partial charge in [-0.2, -0.15) is 0 Å². The molecule has 0 saturated heterocycles. The summed E-state index contributed by atoms with van der Waals surface area (Å²) >= 11 is 0. The molecule has 0 aromatic heterocycles. The molecule has 0 aromatic carbocycles. The van der Waals surface area contributed by atoms with Crippen molar-refractivity contribution in [1.82, 2.24) is 0 Å². The summed E-state index contributed by atoms with van der Waals surface area (Å²) in [6.07, 6.45) is 6.37. The first-order chi connectivity index (χ1) is 12.0. The van der Waals surface area contributed by atoms with Crippen LogP contribution >= 0.6 is 0 Å². The van der Waals surface area contributed by atoms with Crippen LogP contribution in [0.2, 0.25) is 0 Å². The maximum Gasteiger partial charge on any atom is 0.147 e. The molecule has 0 spiro atoms. The van der Waals surface area contributed by atoms with E-state index in [1.165, 1.54) is 19.1 Å². The molecule has 0 amide bonds. The van der Waals surface area contributed by atoms with Crippen molar-refractivity contribution in [3.63, 3.8) is 0 Å². The largest absolute Gasteiger partial charge is 0.379 e. The highest BCUT2D eigenvalue weighted by molar-refractivity contribution is 7.90. The molecule has 162 valence electrons. The third kappa shape index (κ3) is 43.8. The summed E-state index contributed by atoms with van der Waals surface area (Å²) in [5, 5.41) is 0. The third-order valence-electron chi connectivity index (χ3n) is 2.72. The highest BCUT2D eigenvalue weighted by atomic mass is 32.2. The lowest BCUT2D eigenvalue weighted by molar-refractivity contribution is 0.0767. The van der Waals surface area contributed by atoms with Gasteiger partial charge in [-0.15, -0.1) is 0 Å². The van der Waals surface area contributed by atoms with Gasteiger partial charge >= 0.3 is 0 Å². The fourth-order valence-electron chi connectivity index (χ4n) is 1.46. The highest BCUT2D eigenvalue weighted by Gasteiger charge is 2.01. The zero-order valence-corrected chi connectivity index (χ0v) is 19.7. The average molecular weight is 399 g/mol. The van der Waals surface area contributed by atoms with Crippen LogP contribution in [-0.4, -0.2) is 58.6 Å². The molecule has 0 atom stereocenters. The highest BCUT2D eigenvalue weighted by Crippen LogP contribution is 1.93. The summed E-state index contributed by atoms with van der Waals surface area (Å²) in [7, 11) is -2.80. The van der Waals surface area contributed by atoms with E-state index in [-0.39, 0.29) is 11.9 Å². The van der Waals surface area contributed by atoms with Crippen molar-refractivity contribution in [2.45, 2.75) is 99.4 Å². The van der Waals surface area contributed by atoms with Gasteiger partial charge in [0.2, 0.25) is 0 Å². The third-order valence-corrected chi connectivity index (χ3v) is 3.75. The Hall–Kier alpha value is -0.170. The number of ether oxygens (including phenoxy) is 3. The van der Waals surface area contributed by atoms with Crippen molar-refractivity contribution in [3.05, 3.63) is 0 Å². The van der Waals surface area contributed by atoms with Crippen molar-refractivity contribution < 1.29 is 22.6 Å². The molecule has 0 saturated carbocycles. The van der Waals surface area contributed by atoms with Crippen molar-refractivity contribution in [1.29, 1.82) is 0 Å². The van der Waals surface area contributed by atoms with Gasteiger partial charge < -0.3 is 14.2 Å². The topological polar surface area (TPSA) is 61.8 Å². The molecular weight excluding hydrogens is 352 g/mol. The van der Waals surface area contributed by atoms with Gasteiger partial charge in [-0.1, -0.05) is 20.3 Å². The standard InChI is InChI=1S/C7H16O3S.C7H16O.C6H14O/c1-7(2)10-5-4-6-11(3,8)9;1-4-5-6-8-7(2)3;1-4-5-7-6(2)3/h7H,4-6H2,1-3H3;7H,4-6H2,1-3H3;6H,4-5H2,1-3H3. The smallest absolute Gasteiger partial charge is 0.147 e. The molecule has 0 rings (SSSR count). The Bertz CT molecular complexity index is 351. The van der Waals surface area contributed by atoms with Crippen molar-refractivity contribution in [3.8, 4) is 0 Å². The van der Waals surface area contributed by atoms with Gasteiger partial charge in [0.05, 0.1) is 24.1 Å². The van der Waals surface area contributed by atoms with E-state index in [2.05, 4.69) is 41.5 Å². The van der Waals surface area contributed by atoms with Crippen LogP contribution < -0.4 is 0 Å². The molecular formula is C20H46O5S. The van der Waals surface area contributed by atoms with Crippen molar-refractivity contribution in [2.24, 2.45) is 0 Å². The fraction of sp³-hybridized carbons (Fsp3) is 1.00. The van der Waals surface area contributed by atoms with E-state index in [4.69, 9.17) is 14.2 Å². The lowest BCUT2D eigenvalue weighted by Gasteiger charge is -2.05. The molecule has 0 fully saturated rings. The molecule has 0 aliphatic carbocycles. The van der Waals surface area contributed by atoms with E-state index in [9.17, 15) is 8.42 Å². The predicted molar refractivity (Wildman–Crippen MR) is 113 cm³/mol. The van der Waals surface area contributed by atoms with E-state index in [0.717, 1.165) is 19.6 Å². The number of hydrogen-bond acceptors (Lipinski definition) is 5. The zero-order valence-electron chi connectivity index (χ0n) is 18.8. The van der Waals surface area contributed by atoms with E-state index < -0.39 is 9.84 Å². The summed E-state index contributed by atoms with van der Waals surface area (Å²) in [6.45, 7) is 18.7. The summed E-state index contributed by atoms with van der Waals surface area (Å²) in [5.41, 5.74) is 0. The second-order valence-electron chi connectivity index (χ2n) is 7.10. The van der Waals surface area contributed by atoms with Crippen LogP contribution in [-0.2, 0) is 24.0 Å². The molecule has 0 radical (unpaired) electrons. The van der Waals surface area contributed by atoms with Crippen molar-refractivity contribution in [2.75, 3.05) is 31.8 Å². The van der Waals surface area contributed by atoms with Gasteiger partial charge in [0.1, 0.15) is 9.84 Å². The lowest BCUT2D eigenvalue weighted by Crippen LogP contribution is -2.09. The molecule has 26 heavy (non-hydrogen) atoms. The Morgan fingerprint density at radius 1 is 0.654 bits per heavy atom. The Morgan fingerprint density at radius 2 is 1.04 bits per heavy atom. The SMILES string of the molecule is CC(C)OCCCS(C)(=O)=O.CCCCOC(C)C.CCCOC(C)C. The minimum Gasteiger partial charge on any atom is -0.379 e. The Labute approximate surface area is 164 Å². The van der Waals surface area contributed by atoms with Gasteiger partial charge in [-0.05, 0) is 60.8 Å². The normalized spacial score (nSPS) is 11.2. The summed E-state index contributed by atoms with van der Waals surface area (Å²) < 4.78 is 36.9. The molecule has 0 unspecified atom stereocenters. The Kier molecular flexibility index (Phi) is 24.8. The van der Waals surface area contributed by atoms with Crippen LogP contribution in [0, 0.1) is 0 Å². The number of sulfone groups is 1. The Balaban J connectivity index is -0.000000315. The number of unbranched alkanes of at least 4 members (excludes halogenated alkanes) is 1. The van der Waals surface area contributed by atoms with E-state index in [1.54, 1.807) is 0 Å². The van der Waals surface area contributed by atoms with Gasteiger partial charge in [0, 0.05) is 26.1 Å². The number of hydrogen-bond donors (Lipinski definition) is 0. The van der Waals surface area contributed by atoms with Crippen LogP contribution in [0.15, 0.2) is 0 Å². The van der Waals surface area contributed by atoms with Gasteiger partial charge in [-0.3, -0.25) is 0 Å². The fourth-order valence-corrected chi connectivity index (χ4v) is 2.10. The first kappa shape index (κ1) is 30.6. The maximum absolute atomic E-state index is 10.6. The van der Waals surface area contributed by atoms with Crippen LogP contribution in [0.4, 0.5) is 0 Å². The van der Waals surface area contributed by atoms with Gasteiger partial charge in [-0.25, -0.2) is 8.42 Å². The summed E-state index contributed by atoms with van der Waals surface area (Å²) in [5.74, 6) is 0.222. The Morgan fingerprint density at radius 3 is 1.31 bits per heavy atom. The van der Waals surface area contributed by atoms with Crippen LogP contribution in [0.3, 0.4) is 0 Å². The van der Waals surface area contributed by atoms with Crippen LogP contribution in [0.1, 0.15) is 81.1 Å². The van der Waals surface area contributed by atoms with E-state index in [0.29, 0.717) is 25.2 Å². The van der Waals surface area contributed by atoms with E-state index in [1.807, 2.05) is 13.8 Å². The second kappa shape index (κ2) is 21.1. The molecule has 0 aromatic rings. The quantitative estimate of drug-likeness (QED) is 0.438. The molecule has 0 heterocycles. The predicted octanol–water partition coefficient (Wildman–Crippen LogP) is 4.88. The van der Waals surface area contributed by atoms with E-state index >= 15 is 0 Å². The minimum atomic E-state index is -2.80. The minimum absolute atomic E-state index is 0.189. The average Bonchev–Trinajstić information content (AvgIpc) is 2.50. The van der Waals surface area contributed by atoms with Crippen LogP contribution in [0.25, 0.3) is 0 Å². The monoisotopic (exact) mass is 398 g/mol. The zero-order chi connectivity index (χ0) is 21.0. The number of rotatable bonds is 12. The van der Waals surface area contributed by atoms with Crippen LogP contribution in [0.5, 0.6) is 0 Å². The molecule has 5 nitrogen and oxygen atoms in total. The molecule has 0 aliphatic heterocycles. The summed E-state index contributed by atoms with van der Waals surface area (Å²) in [4.78, 5) is 0. The maximum atomic E-state index is 10.6. The molecule has 0 N–H and O–H groups in total.